The first-order valence-corrected chi connectivity index (χ1v) is 6.37. The van der Waals surface area contributed by atoms with Gasteiger partial charge in [0.15, 0.2) is 5.82 Å². The Morgan fingerprint density at radius 3 is 2.94 bits per heavy atom. The van der Waals surface area contributed by atoms with Gasteiger partial charge in [-0.2, -0.15) is 5.10 Å². The second kappa shape index (κ2) is 4.49. The zero-order chi connectivity index (χ0) is 12.5. The Morgan fingerprint density at radius 1 is 1.33 bits per heavy atom. The molecule has 0 unspecified atom stereocenters. The number of fused-ring (bicyclic) bond motifs is 1. The van der Waals surface area contributed by atoms with Crippen LogP contribution in [0.1, 0.15) is 30.3 Å². The molecule has 5 nitrogen and oxygen atoms in total. The van der Waals surface area contributed by atoms with Gasteiger partial charge in [-0.05, 0) is 12.5 Å². The highest BCUT2D eigenvalue weighted by atomic mass is 15.3. The van der Waals surface area contributed by atoms with Gasteiger partial charge in [-0.1, -0.05) is 13.3 Å². The van der Waals surface area contributed by atoms with E-state index in [1.54, 1.807) is 4.68 Å². The van der Waals surface area contributed by atoms with Gasteiger partial charge >= 0.3 is 0 Å². The van der Waals surface area contributed by atoms with Gasteiger partial charge in [-0.3, -0.25) is 4.68 Å². The van der Waals surface area contributed by atoms with Gasteiger partial charge in [0.2, 0.25) is 0 Å². The molecule has 0 aliphatic carbocycles. The lowest BCUT2D eigenvalue weighted by molar-refractivity contribution is 0.753. The van der Waals surface area contributed by atoms with Gasteiger partial charge in [0, 0.05) is 37.6 Å². The molecule has 2 aromatic heterocycles. The van der Waals surface area contributed by atoms with Gasteiger partial charge in [-0.15, -0.1) is 0 Å². The molecule has 0 radical (unpaired) electrons. The predicted octanol–water partition coefficient (Wildman–Crippen LogP) is 1.43. The Hall–Kier alpha value is -1.75. The summed E-state index contributed by atoms with van der Waals surface area (Å²) in [5.74, 6) is 0.751. The van der Waals surface area contributed by atoms with E-state index in [1.807, 2.05) is 19.3 Å². The van der Waals surface area contributed by atoms with E-state index in [1.165, 1.54) is 11.3 Å². The number of hydrogen-bond donors (Lipinski definition) is 1. The van der Waals surface area contributed by atoms with Gasteiger partial charge in [0.1, 0.15) is 5.69 Å². The molecule has 3 heterocycles. The lowest BCUT2D eigenvalue weighted by Gasteiger charge is -2.07. The third-order valence-electron chi connectivity index (χ3n) is 3.20. The lowest BCUT2D eigenvalue weighted by Crippen LogP contribution is -2.04. The monoisotopic (exact) mass is 243 g/mol. The van der Waals surface area contributed by atoms with Gasteiger partial charge < -0.3 is 5.32 Å². The van der Waals surface area contributed by atoms with E-state index in [0.717, 1.165) is 43.1 Å². The first-order chi connectivity index (χ1) is 8.78. The van der Waals surface area contributed by atoms with Crippen LogP contribution < -0.4 is 5.32 Å². The van der Waals surface area contributed by atoms with Crippen LogP contribution in [0.4, 0.5) is 0 Å². The molecule has 1 aliphatic heterocycles. The molecule has 3 rings (SSSR count). The average Bonchev–Trinajstić information content (AvgIpc) is 2.97. The third kappa shape index (κ3) is 1.90. The highest BCUT2D eigenvalue weighted by Gasteiger charge is 2.19. The molecule has 0 fully saturated rings. The minimum atomic E-state index is 0.751. The maximum atomic E-state index is 4.69. The van der Waals surface area contributed by atoms with Crippen LogP contribution in [0.2, 0.25) is 0 Å². The zero-order valence-corrected chi connectivity index (χ0v) is 10.8. The van der Waals surface area contributed by atoms with Gasteiger partial charge in [0.05, 0.1) is 5.69 Å². The Morgan fingerprint density at radius 2 is 2.22 bits per heavy atom. The average molecular weight is 243 g/mol. The fourth-order valence-electron chi connectivity index (χ4n) is 2.33. The van der Waals surface area contributed by atoms with Crippen molar-refractivity contribution in [3.05, 3.63) is 29.2 Å². The molecular weight excluding hydrogens is 226 g/mol. The molecule has 94 valence electrons. The minimum Gasteiger partial charge on any atom is -0.307 e. The SMILES string of the molecule is CCCc1nc(-c2ccn(C)n2)nc2c1CNC2. The van der Waals surface area contributed by atoms with Crippen molar-refractivity contribution < 1.29 is 0 Å². The van der Waals surface area contributed by atoms with Crippen molar-refractivity contribution in [3.8, 4) is 11.5 Å². The number of aromatic nitrogens is 4. The fourth-order valence-corrected chi connectivity index (χ4v) is 2.33. The summed E-state index contributed by atoms with van der Waals surface area (Å²) in [6.45, 7) is 3.92. The lowest BCUT2D eigenvalue weighted by atomic mass is 10.1. The molecule has 18 heavy (non-hydrogen) atoms. The van der Waals surface area contributed by atoms with Crippen molar-refractivity contribution in [1.82, 2.24) is 25.1 Å². The summed E-state index contributed by atoms with van der Waals surface area (Å²) in [5, 5.41) is 7.72. The summed E-state index contributed by atoms with van der Waals surface area (Å²) in [4.78, 5) is 9.32. The molecule has 0 saturated carbocycles. The van der Waals surface area contributed by atoms with Crippen LogP contribution in [-0.4, -0.2) is 19.7 Å². The molecule has 0 aromatic carbocycles. The maximum absolute atomic E-state index is 4.69. The smallest absolute Gasteiger partial charge is 0.180 e. The number of rotatable bonds is 3. The molecule has 5 heteroatoms. The fraction of sp³-hybridized carbons (Fsp3) is 0.462. The third-order valence-corrected chi connectivity index (χ3v) is 3.20. The quantitative estimate of drug-likeness (QED) is 0.886. The van der Waals surface area contributed by atoms with Crippen LogP contribution in [0.3, 0.4) is 0 Å². The number of aryl methyl sites for hydroxylation is 2. The van der Waals surface area contributed by atoms with Crippen LogP contribution in [0.15, 0.2) is 12.3 Å². The van der Waals surface area contributed by atoms with Crippen LogP contribution >= 0.6 is 0 Å². The van der Waals surface area contributed by atoms with E-state index < -0.39 is 0 Å². The van der Waals surface area contributed by atoms with E-state index in [4.69, 9.17) is 4.98 Å². The topological polar surface area (TPSA) is 55.6 Å². The largest absolute Gasteiger partial charge is 0.307 e. The molecule has 0 spiro atoms. The Kier molecular flexibility index (Phi) is 2.83. The van der Waals surface area contributed by atoms with Crippen molar-refractivity contribution in [2.45, 2.75) is 32.9 Å². The van der Waals surface area contributed by atoms with Crippen molar-refractivity contribution in [3.63, 3.8) is 0 Å². The molecule has 0 atom stereocenters. The Labute approximate surface area is 106 Å². The Bertz CT molecular complexity index is 573. The number of hydrogen-bond acceptors (Lipinski definition) is 4. The molecule has 0 bridgehead atoms. The number of nitrogens with zero attached hydrogens (tertiary/aromatic N) is 4. The van der Waals surface area contributed by atoms with Crippen LogP contribution in [0.25, 0.3) is 11.5 Å². The van der Waals surface area contributed by atoms with Gasteiger partial charge in [-0.25, -0.2) is 9.97 Å². The van der Waals surface area contributed by atoms with Crippen molar-refractivity contribution in [2.24, 2.45) is 7.05 Å². The second-order valence-electron chi connectivity index (χ2n) is 4.65. The molecule has 0 saturated heterocycles. The van der Waals surface area contributed by atoms with E-state index in [0.29, 0.717) is 0 Å². The van der Waals surface area contributed by atoms with Crippen LogP contribution in [0, 0.1) is 0 Å². The predicted molar refractivity (Wildman–Crippen MR) is 68.8 cm³/mol. The summed E-state index contributed by atoms with van der Waals surface area (Å²) in [6.07, 6.45) is 4.03. The summed E-state index contributed by atoms with van der Waals surface area (Å²) in [6, 6.07) is 1.96. The van der Waals surface area contributed by atoms with E-state index in [2.05, 4.69) is 22.3 Å². The van der Waals surface area contributed by atoms with Crippen LogP contribution in [-0.2, 0) is 26.6 Å². The Balaban J connectivity index is 2.08. The molecule has 1 N–H and O–H groups in total. The first-order valence-electron chi connectivity index (χ1n) is 6.37. The van der Waals surface area contributed by atoms with Crippen molar-refractivity contribution in [1.29, 1.82) is 0 Å². The van der Waals surface area contributed by atoms with Gasteiger partial charge in [0.25, 0.3) is 0 Å². The van der Waals surface area contributed by atoms with E-state index in [9.17, 15) is 0 Å². The summed E-state index contributed by atoms with van der Waals surface area (Å²) < 4.78 is 1.78. The second-order valence-corrected chi connectivity index (χ2v) is 4.65. The summed E-state index contributed by atoms with van der Waals surface area (Å²) in [7, 11) is 1.91. The summed E-state index contributed by atoms with van der Waals surface area (Å²) in [5.41, 5.74) is 4.45. The first kappa shape index (κ1) is 11.3. The summed E-state index contributed by atoms with van der Waals surface area (Å²) >= 11 is 0. The molecule has 1 aliphatic rings. The highest BCUT2D eigenvalue weighted by Crippen LogP contribution is 2.22. The number of nitrogens with one attached hydrogen (secondary N) is 1. The van der Waals surface area contributed by atoms with E-state index >= 15 is 0 Å². The normalized spacial score (nSPS) is 13.9. The standard InChI is InChI=1S/C13H17N5/c1-3-4-10-9-7-14-8-12(9)16-13(15-10)11-5-6-18(2)17-11/h5-6,14H,3-4,7-8H2,1-2H3. The van der Waals surface area contributed by atoms with Crippen molar-refractivity contribution in [2.75, 3.05) is 0 Å². The van der Waals surface area contributed by atoms with E-state index in [-0.39, 0.29) is 0 Å². The molecule has 0 amide bonds. The minimum absolute atomic E-state index is 0.751. The van der Waals surface area contributed by atoms with Crippen molar-refractivity contribution >= 4 is 0 Å². The highest BCUT2D eigenvalue weighted by molar-refractivity contribution is 5.50. The molecular formula is C13H17N5. The molecule has 2 aromatic rings. The van der Waals surface area contributed by atoms with Crippen LogP contribution in [0.5, 0.6) is 0 Å². The maximum Gasteiger partial charge on any atom is 0.180 e. The zero-order valence-electron chi connectivity index (χ0n) is 10.8.